The second kappa shape index (κ2) is 5.27. The molecule has 0 bridgehead atoms. The standard InChI is InChI=1S/C13H14O3S/c1-16-10-6-8-11(9-7-10)17(15)13-5-3-2-4-12(13)14/h5-9H,2-4H2,1H3. The van der Waals surface area contributed by atoms with E-state index < -0.39 is 10.8 Å². The highest BCUT2D eigenvalue weighted by Crippen LogP contribution is 2.23. The van der Waals surface area contributed by atoms with Crippen LogP contribution in [-0.2, 0) is 15.6 Å². The van der Waals surface area contributed by atoms with Crippen LogP contribution in [0.1, 0.15) is 19.3 Å². The van der Waals surface area contributed by atoms with Crippen molar-refractivity contribution in [2.45, 2.75) is 24.2 Å². The summed E-state index contributed by atoms with van der Waals surface area (Å²) in [6, 6.07) is 6.97. The number of hydrogen-bond donors (Lipinski definition) is 0. The van der Waals surface area contributed by atoms with Gasteiger partial charge in [0.2, 0.25) is 0 Å². The molecule has 1 atom stereocenters. The Kier molecular flexibility index (Phi) is 3.74. The number of Topliss-reactive ketones (excluding diaryl/α,β-unsaturated/α-hetero) is 1. The zero-order chi connectivity index (χ0) is 12.3. The molecule has 1 aliphatic carbocycles. The minimum Gasteiger partial charge on any atom is -0.497 e. The Morgan fingerprint density at radius 3 is 2.53 bits per heavy atom. The van der Waals surface area contributed by atoms with E-state index >= 15 is 0 Å². The number of ketones is 1. The van der Waals surface area contributed by atoms with Crippen molar-refractivity contribution in [3.63, 3.8) is 0 Å². The fourth-order valence-corrected chi connectivity index (χ4v) is 2.95. The van der Waals surface area contributed by atoms with Crippen LogP contribution in [0.3, 0.4) is 0 Å². The summed E-state index contributed by atoms with van der Waals surface area (Å²) in [6.45, 7) is 0. The van der Waals surface area contributed by atoms with Gasteiger partial charge >= 0.3 is 0 Å². The number of ether oxygens (including phenoxy) is 1. The normalized spacial score (nSPS) is 17.5. The molecule has 90 valence electrons. The zero-order valence-corrected chi connectivity index (χ0v) is 10.5. The third kappa shape index (κ3) is 2.64. The van der Waals surface area contributed by atoms with Crippen molar-refractivity contribution >= 4 is 16.6 Å². The fourth-order valence-electron chi connectivity index (χ4n) is 1.74. The van der Waals surface area contributed by atoms with Crippen molar-refractivity contribution in [2.24, 2.45) is 0 Å². The van der Waals surface area contributed by atoms with Crippen molar-refractivity contribution in [3.8, 4) is 5.75 Å². The van der Waals surface area contributed by atoms with E-state index in [2.05, 4.69) is 0 Å². The molecular formula is C13H14O3S. The maximum Gasteiger partial charge on any atom is 0.171 e. The first kappa shape index (κ1) is 12.0. The Hall–Kier alpha value is -1.42. The first-order valence-corrected chi connectivity index (χ1v) is 6.66. The van der Waals surface area contributed by atoms with Gasteiger partial charge in [0, 0.05) is 11.3 Å². The number of carbonyl (C=O) groups is 1. The minimum atomic E-state index is -1.35. The van der Waals surface area contributed by atoms with Crippen LogP contribution in [0.4, 0.5) is 0 Å². The summed E-state index contributed by atoms with van der Waals surface area (Å²) in [7, 11) is 0.228. The Morgan fingerprint density at radius 1 is 1.24 bits per heavy atom. The molecule has 1 unspecified atom stereocenters. The monoisotopic (exact) mass is 250 g/mol. The molecule has 4 heteroatoms. The van der Waals surface area contributed by atoms with Crippen molar-refractivity contribution in [1.29, 1.82) is 0 Å². The van der Waals surface area contributed by atoms with E-state index in [1.54, 1.807) is 37.5 Å². The summed E-state index contributed by atoms with van der Waals surface area (Å²) in [4.78, 5) is 12.7. The Morgan fingerprint density at radius 2 is 1.94 bits per heavy atom. The minimum absolute atomic E-state index is 0.00500. The lowest BCUT2D eigenvalue weighted by atomic mass is 10.1. The van der Waals surface area contributed by atoms with E-state index in [9.17, 15) is 9.00 Å². The lowest BCUT2D eigenvalue weighted by Gasteiger charge is -2.11. The van der Waals surface area contributed by atoms with Gasteiger partial charge < -0.3 is 4.74 Å². The van der Waals surface area contributed by atoms with Gasteiger partial charge in [-0.15, -0.1) is 0 Å². The predicted molar refractivity (Wildman–Crippen MR) is 66.3 cm³/mol. The van der Waals surface area contributed by atoms with E-state index in [-0.39, 0.29) is 5.78 Å². The highest BCUT2D eigenvalue weighted by molar-refractivity contribution is 7.90. The van der Waals surface area contributed by atoms with Crippen molar-refractivity contribution in [3.05, 3.63) is 35.2 Å². The Bertz CT molecular complexity index is 474. The van der Waals surface area contributed by atoms with Gasteiger partial charge in [-0.05, 0) is 37.1 Å². The summed E-state index contributed by atoms with van der Waals surface area (Å²) in [6.07, 6.45) is 4.00. The number of hydrogen-bond acceptors (Lipinski definition) is 3. The van der Waals surface area contributed by atoms with E-state index in [4.69, 9.17) is 4.74 Å². The van der Waals surface area contributed by atoms with E-state index in [1.165, 1.54) is 0 Å². The van der Waals surface area contributed by atoms with Gasteiger partial charge in [-0.1, -0.05) is 6.08 Å². The fraction of sp³-hybridized carbons (Fsp3) is 0.308. The number of methoxy groups -OCH3 is 1. The molecule has 3 nitrogen and oxygen atoms in total. The second-order valence-electron chi connectivity index (χ2n) is 3.83. The largest absolute Gasteiger partial charge is 0.497 e. The average Bonchev–Trinajstić information content (AvgIpc) is 2.39. The number of allylic oxidation sites excluding steroid dienone is 2. The van der Waals surface area contributed by atoms with Crippen LogP contribution in [0.25, 0.3) is 0 Å². The smallest absolute Gasteiger partial charge is 0.171 e. The summed E-state index contributed by atoms with van der Waals surface area (Å²) < 4.78 is 17.2. The predicted octanol–water partition coefficient (Wildman–Crippen LogP) is 2.44. The molecule has 0 heterocycles. The molecule has 0 aliphatic heterocycles. The van der Waals surface area contributed by atoms with Crippen LogP contribution in [-0.4, -0.2) is 17.1 Å². The highest BCUT2D eigenvalue weighted by atomic mass is 32.2. The topological polar surface area (TPSA) is 43.4 Å². The molecule has 0 amide bonds. The maximum absolute atomic E-state index is 12.2. The average molecular weight is 250 g/mol. The van der Waals surface area contributed by atoms with Gasteiger partial charge in [0.1, 0.15) is 5.75 Å². The van der Waals surface area contributed by atoms with Crippen LogP contribution in [0.15, 0.2) is 40.1 Å². The molecule has 1 aliphatic rings. The first-order valence-electron chi connectivity index (χ1n) is 5.51. The molecule has 0 spiro atoms. The summed E-state index contributed by atoms with van der Waals surface area (Å²) >= 11 is 0. The first-order chi connectivity index (χ1) is 8.22. The molecule has 1 aromatic carbocycles. The third-order valence-corrected chi connectivity index (χ3v) is 4.18. The van der Waals surface area contributed by atoms with E-state index in [0.29, 0.717) is 16.2 Å². The quantitative estimate of drug-likeness (QED) is 0.827. The Labute approximate surface area is 103 Å². The molecule has 17 heavy (non-hydrogen) atoms. The molecule has 0 saturated carbocycles. The van der Waals surface area contributed by atoms with Crippen LogP contribution < -0.4 is 4.74 Å². The van der Waals surface area contributed by atoms with Crippen LogP contribution >= 0.6 is 0 Å². The van der Waals surface area contributed by atoms with Crippen molar-refractivity contribution < 1.29 is 13.7 Å². The molecule has 2 rings (SSSR count). The van der Waals surface area contributed by atoms with Gasteiger partial charge in [0.25, 0.3) is 0 Å². The summed E-state index contributed by atoms with van der Waals surface area (Å²) in [5.74, 6) is 0.722. The third-order valence-electron chi connectivity index (χ3n) is 2.69. The highest BCUT2D eigenvalue weighted by Gasteiger charge is 2.20. The Balaban J connectivity index is 2.24. The molecule has 0 N–H and O–H groups in total. The van der Waals surface area contributed by atoms with Gasteiger partial charge in [-0.2, -0.15) is 0 Å². The molecule has 0 fully saturated rings. The zero-order valence-electron chi connectivity index (χ0n) is 9.64. The SMILES string of the molecule is COc1ccc(S(=O)C2=CCCCC2=O)cc1. The lowest BCUT2D eigenvalue weighted by molar-refractivity contribution is -0.115. The number of benzene rings is 1. The van der Waals surface area contributed by atoms with E-state index in [0.717, 1.165) is 18.6 Å². The second-order valence-corrected chi connectivity index (χ2v) is 5.28. The summed E-state index contributed by atoms with van der Waals surface area (Å²) in [5, 5.41) is 0. The van der Waals surface area contributed by atoms with Crippen LogP contribution in [0, 0.1) is 0 Å². The van der Waals surface area contributed by atoms with Crippen LogP contribution in [0.2, 0.25) is 0 Å². The number of carbonyl (C=O) groups excluding carboxylic acids is 1. The van der Waals surface area contributed by atoms with Crippen LogP contribution in [0.5, 0.6) is 5.75 Å². The number of rotatable bonds is 3. The van der Waals surface area contributed by atoms with E-state index in [1.807, 2.05) is 0 Å². The lowest BCUT2D eigenvalue weighted by Crippen LogP contribution is -2.11. The molecule has 1 aromatic rings. The summed E-state index contributed by atoms with van der Waals surface area (Å²) in [5.41, 5.74) is 0. The molecular weight excluding hydrogens is 236 g/mol. The van der Waals surface area contributed by atoms with Gasteiger partial charge in [-0.3, -0.25) is 4.79 Å². The van der Waals surface area contributed by atoms with Gasteiger partial charge in [-0.25, -0.2) is 4.21 Å². The van der Waals surface area contributed by atoms with Gasteiger partial charge in [0.05, 0.1) is 22.8 Å². The van der Waals surface area contributed by atoms with Crippen molar-refractivity contribution in [2.75, 3.05) is 7.11 Å². The van der Waals surface area contributed by atoms with Gasteiger partial charge in [0.15, 0.2) is 5.78 Å². The molecule has 0 radical (unpaired) electrons. The molecule has 0 saturated heterocycles. The molecule has 0 aromatic heterocycles. The maximum atomic E-state index is 12.2. The van der Waals surface area contributed by atoms with Crippen molar-refractivity contribution in [1.82, 2.24) is 0 Å².